The summed E-state index contributed by atoms with van der Waals surface area (Å²) in [6, 6.07) is 0. The third-order valence-corrected chi connectivity index (χ3v) is 11.1. The van der Waals surface area contributed by atoms with Crippen molar-refractivity contribution in [2.45, 2.75) is 96.7 Å². The first kappa shape index (κ1) is 18.1. The fraction of sp³-hybridized carbons (Fsp3) is 0.852. The van der Waals surface area contributed by atoms with Gasteiger partial charge < -0.3 is 0 Å². The first-order valence-electron chi connectivity index (χ1n) is 12.2. The van der Waals surface area contributed by atoms with Crippen molar-refractivity contribution in [3.63, 3.8) is 0 Å². The lowest BCUT2D eigenvalue weighted by Gasteiger charge is -2.73. The van der Waals surface area contributed by atoms with Crippen LogP contribution in [-0.2, 0) is 0 Å². The zero-order chi connectivity index (χ0) is 19.4. The molecule has 4 atom stereocenters. The van der Waals surface area contributed by atoms with E-state index in [2.05, 4.69) is 37.0 Å². The van der Waals surface area contributed by atoms with Crippen molar-refractivity contribution in [2.75, 3.05) is 0 Å². The van der Waals surface area contributed by atoms with Gasteiger partial charge in [0.15, 0.2) is 0 Å². The second-order valence-electron chi connectivity index (χ2n) is 13.7. The van der Waals surface area contributed by atoms with Crippen LogP contribution in [0.25, 0.3) is 0 Å². The van der Waals surface area contributed by atoms with Crippen molar-refractivity contribution in [3.05, 3.63) is 0 Å². The number of hydrogen-bond donors (Lipinski definition) is 0. The number of terminal acetylenes is 1. The minimum absolute atomic E-state index is 0.268. The highest BCUT2D eigenvalue weighted by Crippen LogP contribution is 2.78. The summed E-state index contributed by atoms with van der Waals surface area (Å²) in [5.41, 5.74) is 5.65. The van der Waals surface area contributed by atoms with Crippen molar-refractivity contribution in [3.8, 4) is 23.8 Å². The molecule has 1 heteroatoms. The minimum Gasteiger partial charge on any atom is -0.131 e. The van der Waals surface area contributed by atoms with Crippen molar-refractivity contribution in [1.29, 1.82) is 0 Å². The quantitative estimate of drug-likeness (QED) is 0.346. The largest absolute Gasteiger partial charge is 0.131 e. The summed E-state index contributed by atoms with van der Waals surface area (Å²) in [6.45, 7) is 7.27. The maximum atomic E-state index is 6.23. The molecule has 8 fully saturated rings. The Hall–Kier alpha value is -0.663. The molecule has 150 valence electrons. The van der Waals surface area contributed by atoms with Gasteiger partial charge in [-0.3, -0.25) is 0 Å². The molecule has 0 heterocycles. The molecule has 4 unspecified atom stereocenters. The zero-order valence-electron chi connectivity index (χ0n) is 18.4. The lowest BCUT2D eigenvalue weighted by Crippen LogP contribution is -2.64. The highest BCUT2D eigenvalue weighted by atomic mass is 28.3. The Bertz CT molecular complexity index is 780. The third-order valence-electron chi connectivity index (χ3n) is 10.3. The summed E-state index contributed by atoms with van der Waals surface area (Å²) in [5, 5.41) is 0. The van der Waals surface area contributed by atoms with E-state index in [9.17, 15) is 0 Å². The molecule has 0 aromatic carbocycles. The van der Waals surface area contributed by atoms with Crippen molar-refractivity contribution in [2.24, 2.45) is 45.3 Å². The molecule has 0 aromatic rings. The van der Waals surface area contributed by atoms with Crippen molar-refractivity contribution < 1.29 is 0 Å². The van der Waals surface area contributed by atoms with Gasteiger partial charge in [0, 0.05) is 10.8 Å². The van der Waals surface area contributed by atoms with Crippen LogP contribution in [-0.4, -0.2) is 8.07 Å². The fourth-order valence-corrected chi connectivity index (χ4v) is 11.0. The normalized spacial score (nSPS) is 55.6. The molecule has 8 rings (SSSR count). The van der Waals surface area contributed by atoms with Crippen LogP contribution in [0.3, 0.4) is 0 Å². The molecular formula is C27H38Si. The predicted molar refractivity (Wildman–Crippen MR) is 119 cm³/mol. The van der Waals surface area contributed by atoms with E-state index in [4.69, 9.17) is 6.42 Å². The molecule has 8 saturated carbocycles. The van der Waals surface area contributed by atoms with Crippen LogP contribution in [0.15, 0.2) is 0 Å². The van der Waals surface area contributed by atoms with Crippen LogP contribution < -0.4 is 0 Å². The van der Waals surface area contributed by atoms with Crippen LogP contribution >= 0.6 is 0 Å². The van der Waals surface area contributed by atoms with Gasteiger partial charge in [-0.05, 0) is 112 Å². The lowest BCUT2D eigenvalue weighted by atomic mass is 9.31. The number of hydrogen-bond acceptors (Lipinski definition) is 0. The average molecular weight is 391 g/mol. The molecule has 8 bridgehead atoms. The standard InChI is InChI=1S/C27H38Si/c1-5-24-10-20-8-21(11-24)15-26(14-20,18-24)27-16-22-9-23(17-27)13-25(12-22,19-27)6-7-28(2,3)4/h1,20-23H,8-19H2,2-4H3. The van der Waals surface area contributed by atoms with E-state index < -0.39 is 8.07 Å². The maximum absolute atomic E-state index is 6.23. The first-order chi connectivity index (χ1) is 13.2. The van der Waals surface area contributed by atoms with Gasteiger partial charge in [0.2, 0.25) is 0 Å². The molecule has 0 spiro atoms. The van der Waals surface area contributed by atoms with E-state index in [0.717, 1.165) is 23.7 Å². The second kappa shape index (κ2) is 5.33. The van der Waals surface area contributed by atoms with Crippen LogP contribution in [0.1, 0.15) is 77.0 Å². The molecule has 0 saturated heterocycles. The highest BCUT2D eigenvalue weighted by molar-refractivity contribution is 6.83. The third kappa shape index (κ3) is 2.45. The molecule has 0 radical (unpaired) electrons. The summed E-state index contributed by atoms with van der Waals surface area (Å²) < 4.78 is 0. The van der Waals surface area contributed by atoms with E-state index in [-0.39, 0.29) is 5.41 Å². The average Bonchev–Trinajstić information content (AvgIpc) is 2.57. The van der Waals surface area contributed by atoms with Crippen LogP contribution in [0.2, 0.25) is 19.6 Å². The SMILES string of the molecule is C#CC12CC3CC(C1)CC(C14CC5CC(CC(C#C[Si](C)(C)C)(C5)C1)C4)(C3)C2. The number of rotatable bonds is 1. The van der Waals surface area contributed by atoms with E-state index in [1.807, 2.05) is 0 Å². The Morgan fingerprint density at radius 1 is 0.679 bits per heavy atom. The van der Waals surface area contributed by atoms with Gasteiger partial charge in [0.1, 0.15) is 8.07 Å². The van der Waals surface area contributed by atoms with E-state index in [1.165, 1.54) is 77.0 Å². The van der Waals surface area contributed by atoms with Crippen molar-refractivity contribution >= 4 is 8.07 Å². The molecule has 0 aromatic heterocycles. The van der Waals surface area contributed by atoms with Gasteiger partial charge >= 0.3 is 0 Å². The highest BCUT2D eigenvalue weighted by Gasteiger charge is 2.69. The van der Waals surface area contributed by atoms with E-state index in [1.54, 1.807) is 0 Å². The van der Waals surface area contributed by atoms with Gasteiger partial charge in [0.25, 0.3) is 0 Å². The molecule has 0 amide bonds. The van der Waals surface area contributed by atoms with Crippen LogP contribution in [0.5, 0.6) is 0 Å². The monoisotopic (exact) mass is 390 g/mol. The summed E-state index contributed by atoms with van der Waals surface area (Å²) >= 11 is 0. The van der Waals surface area contributed by atoms with Gasteiger partial charge in [-0.1, -0.05) is 25.6 Å². The van der Waals surface area contributed by atoms with Crippen LogP contribution in [0.4, 0.5) is 0 Å². The molecule has 8 aliphatic rings. The second-order valence-corrected chi connectivity index (χ2v) is 18.4. The Balaban J connectivity index is 1.42. The smallest absolute Gasteiger partial charge is 0.129 e. The fourth-order valence-electron chi connectivity index (χ4n) is 10.4. The molecule has 8 aliphatic carbocycles. The van der Waals surface area contributed by atoms with Gasteiger partial charge in [-0.15, -0.1) is 17.9 Å². The van der Waals surface area contributed by atoms with E-state index >= 15 is 0 Å². The summed E-state index contributed by atoms with van der Waals surface area (Å²) in [7, 11) is -1.31. The van der Waals surface area contributed by atoms with E-state index in [0.29, 0.717) is 16.2 Å². The molecule has 0 nitrogen and oxygen atoms in total. The maximum Gasteiger partial charge on any atom is 0.129 e. The van der Waals surface area contributed by atoms with Crippen molar-refractivity contribution in [1.82, 2.24) is 0 Å². The van der Waals surface area contributed by atoms with Gasteiger partial charge in [0.05, 0.1) is 0 Å². The topological polar surface area (TPSA) is 0 Å². The van der Waals surface area contributed by atoms with Crippen LogP contribution in [0, 0.1) is 69.1 Å². The lowest BCUT2D eigenvalue weighted by molar-refractivity contribution is -0.220. The summed E-state index contributed by atoms with van der Waals surface area (Å²) in [6.07, 6.45) is 23.7. The van der Waals surface area contributed by atoms with Gasteiger partial charge in [-0.2, -0.15) is 0 Å². The molecular weight excluding hydrogens is 352 g/mol. The Labute approximate surface area is 174 Å². The summed E-state index contributed by atoms with van der Waals surface area (Å²) in [4.78, 5) is 0. The molecule has 0 N–H and O–H groups in total. The van der Waals surface area contributed by atoms with Gasteiger partial charge in [-0.25, -0.2) is 0 Å². The molecule has 0 aliphatic heterocycles. The zero-order valence-corrected chi connectivity index (χ0v) is 19.4. The first-order valence-corrected chi connectivity index (χ1v) is 15.7. The Kier molecular flexibility index (Phi) is 3.45. The predicted octanol–water partition coefficient (Wildman–Crippen LogP) is 6.67. The minimum atomic E-state index is -1.31. The summed E-state index contributed by atoms with van der Waals surface area (Å²) in [5.74, 6) is 11.2. The molecule has 28 heavy (non-hydrogen) atoms. The Morgan fingerprint density at radius 3 is 1.54 bits per heavy atom. The Morgan fingerprint density at radius 2 is 1.11 bits per heavy atom.